The first-order valence-corrected chi connectivity index (χ1v) is 27.5. The number of nitrogens with one attached hydrogen (secondary N) is 1. The van der Waals surface area contributed by atoms with E-state index in [-0.39, 0.29) is 20.4 Å². The van der Waals surface area contributed by atoms with Crippen molar-refractivity contribution in [3.05, 3.63) is 101 Å². The molecular weight excluding hydrogens is 936 g/mol. The smallest absolute Gasteiger partial charge is 0.706 e. The Morgan fingerprint density at radius 3 is 1.43 bits per heavy atom. The minimum Gasteiger partial charge on any atom is -0.706 e. The first-order chi connectivity index (χ1) is 30.4. The Labute approximate surface area is 407 Å². The van der Waals surface area contributed by atoms with Crippen LogP contribution in [0, 0.1) is 41.6 Å². The predicted molar refractivity (Wildman–Crippen MR) is 268 cm³/mol. The predicted octanol–water partition coefficient (Wildman–Crippen LogP) is 15.1. The van der Waals surface area contributed by atoms with Crippen LogP contribution in [0.25, 0.3) is 28.0 Å². The molecule has 8 bridgehead atoms. The second-order valence-electron chi connectivity index (χ2n) is 21.9. The molecule has 0 amide bonds. The van der Waals surface area contributed by atoms with Gasteiger partial charge in [-0.25, -0.2) is 0 Å². The molecule has 65 heavy (non-hydrogen) atoms. The Morgan fingerprint density at radius 1 is 0.646 bits per heavy atom. The third-order valence-electron chi connectivity index (χ3n) is 16.0. The Hall–Kier alpha value is -2.72. The van der Waals surface area contributed by atoms with E-state index in [1.54, 1.807) is 11.4 Å². The summed E-state index contributed by atoms with van der Waals surface area (Å²) in [5.74, 6) is 9.33. The van der Waals surface area contributed by atoms with Gasteiger partial charge in [0.15, 0.2) is 0 Å². The molecule has 2 N–H and O–H groups in total. The van der Waals surface area contributed by atoms with Crippen LogP contribution in [0.4, 0.5) is 5.69 Å². The topological polar surface area (TPSA) is 96.6 Å². The summed E-state index contributed by atoms with van der Waals surface area (Å²) >= 11 is 0. The molecule has 0 aromatic heterocycles. The Kier molecular flexibility index (Phi) is 15.5. The summed E-state index contributed by atoms with van der Waals surface area (Å²) in [5, 5.41) is 2.54. The van der Waals surface area contributed by atoms with Crippen molar-refractivity contribution in [1.82, 2.24) is 0 Å². The van der Waals surface area contributed by atoms with Crippen molar-refractivity contribution in [2.24, 2.45) is 35.5 Å². The fraction of sp³-hybridized carbons (Fsp3) is 0.571. The van der Waals surface area contributed by atoms with Gasteiger partial charge in [-0.2, -0.15) is 14.1 Å². The Bertz CT molecular complexity index is 2240. The van der Waals surface area contributed by atoms with E-state index >= 15 is 0 Å². The monoisotopic (exact) mass is 1010 g/mol. The van der Waals surface area contributed by atoms with Gasteiger partial charge in [0.2, 0.25) is 0 Å². The van der Waals surface area contributed by atoms with Crippen LogP contribution in [0.1, 0.15) is 153 Å². The summed E-state index contributed by atoms with van der Waals surface area (Å²) < 4.78 is 39.0. The van der Waals surface area contributed by atoms with Crippen LogP contribution in [0.5, 0.6) is 11.5 Å². The Morgan fingerprint density at radius 2 is 1.06 bits per heavy atom. The van der Waals surface area contributed by atoms with Crippen LogP contribution in [-0.4, -0.2) is 43.8 Å². The van der Waals surface area contributed by atoms with Gasteiger partial charge in [0.25, 0.3) is 10.1 Å². The normalized spacial score (nSPS) is 28.6. The maximum atomic E-state index is 9.19. The minimum atomic E-state index is -3.67. The van der Waals surface area contributed by atoms with E-state index in [1.165, 1.54) is 111 Å². The van der Waals surface area contributed by atoms with Crippen LogP contribution < -0.4 is 14.8 Å². The fourth-order valence-electron chi connectivity index (χ4n) is 14.5. The van der Waals surface area contributed by atoms with Crippen molar-refractivity contribution in [3.8, 4) is 33.8 Å². The molecular formula is C56H74NO5PPdS. The van der Waals surface area contributed by atoms with Gasteiger partial charge in [-0.1, -0.05) is 85.9 Å². The van der Waals surface area contributed by atoms with E-state index in [0.29, 0.717) is 40.0 Å². The second-order valence-corrected chi connectivity index (χ2v) is 26.4. The molecule has 8 fully saturated rings. The molecule has 9 heteroatoms. The third kappa shape index (κ3) is 10.5. The third-order valence-corrected chi connectivity index (χ3v) is 19.9. The van der Waals surface area contributed by atoms with Gasteiger partial charge in [-0.05, 0) is 175 Å². The van der Waals surface area contributed by atoms with E-state index in [4.69, 9.17) is 19.8 Å². The number of ether oxygens (including phenoxy) is 2. The molecule has 6 nitrogen and oxygen atoms in total. The Balaban J connectivity index is 0.000000277. The number of methoxy groups -OCH3 is 2. The van der Waals surface area contributed by atoms with Crippen molar-refractivity contribution in [2.75, 3.05) is 20.5 Å². The summed E-state index contributed by atoms with van der Waals surface area (Å²) in [7, 11) is -0.253. The van der Waals surface area contributed by atoms with Gasteiger partial charge in [0.1, 0.15) is 11.5 Å². The summed E-state index contributed by atoms with van der Waals surface area (Å²) in [4.78, 5) is 0. The first kappa shape index (κ1) is 50.2. The molecule has 12 rings (SSSR count). The van der Waals surface area contributed by atoms with Crippen molar-refractivity contribution >= 4 is 29.0 Å². The van der Waals surface area contributed by atoms with E-state index in [2.05, 4.69) is 71.9 Å². The van der Waals surface area contributed by atoms with Gasteiger partial charge < -0.3 is 15.2 Å². The van der Waals surface area contributed by atoms with E-state index in [0.717, 1.165) is 52.4 Å². The van der Waals surface area contributed by atoms with E-state index in [1.807, 2.05) is 56.7 Å². The molecule has 0 heterocycles. The van der Waals surface area contributed by atoms with Crippen LogP contribution >= 0.6 is 7.92 Å². The second kappa shape index (κ2) is 20.1. The summed E-state index contributed by atoms with van der Waals surface area (Å²) in [5.41, 5.74) is 17.6. The molecule has 8 aliphatic rings. The van der Waals surface area contributed by atoms with Gasteiger partial charge in [-0.3, -0.25) is 4.55 Å². The fourth-order valence-corrected chi connectivity index (χ4v) is 20.0. The van der Waals surface area contributed by atoms with Crippen LogP contribution in [0.15, 0.2) is 72.8 Å². The van der Waals surface area contributed by atoms with Crippen LogP contribution in [0.3, 0.4) is 0 Å². The van der Waals surface area contributed by atoms with Crippen molar-refractivity contribution < 1.29 is 42.9 Å². The van der Waals surface area contributed by atoms with Gasteiger partial charge in [-0.15, -0.1) is 41.5 Å². The molecule has 4 aromatic carbocycles. The molecule has 8 saturated carbocycles. The number of hydrogen-bond donors (Lipinski definition) is 1. The zero-order valence-electron chi connectivity index (χ0n) is 40.4. The number of rotatable bonds is 10. The SMILES string of the molecule is COc1ccc(OC)c(P(C23CC4CC(CC(C4)C2)C3)C23CC4CC(CC(C4)C2)C3)c1-c1c(C(C)C)cc(C(C)C)cc1C(C)C.CS(=O)(=O)O.[NH-]c1ccccc1-c1[c-]cccc1.[Pd+2]. The summed E-state index contributed by atoms with van der Waals surface area (Å²) in [6.07, 6.45) is 18.7. The molecule has 354 valence electrons. The minimum absolute atomic E-state index is 0. The zero-order valence-corrected chi connectivity index (χ0v) is 43.6. The van der Waals surface area contributed by atoms with Crippen LogP contribution in [-0.2, 0) is 30.5 Å². The molecule has 0 radical (unpaired) electrons. The molecule has 4 aromatic rings. The average Bonchev–Trinajstić information content (AvgIpc) is 3.22. The van der Waals surface area contributed by atoms with Gasteiger partial charge in [0.05, 0.1) is 20.5 Å². The zero-order chi connectivity index (χ0) is 45.7. The molecule has 0 spiro atoms. The van der Waals surface area contributed by atoms with E-state index in [9.17, 15) is 8.42 Å². The van der Waals surface area contributed by atoms with Crippen molar-refractivity contribution in [1.29, 1.82) is 0 Å². The van der Waals surface area contributed by atoms with E-state index < -0.39 is 18.0 Å². The molecule has 0 aliphatic heterocycles. The molecule has 0 atom stereocenters. The summed E-state index contributed by atoms with van der Waals surface area (Å²) in [6.45, 7) is 14.4. The quantitative estimate of drug-likeness (QED) is 0.0739. The average molecular weight is 1010 g/mol. The maximum Gasteiger partial charge on any atom is 2.00 e. The maximum absolute atomic E-state index is 9.19. The van der Waals surface area contributed by atoms with Gasteiger partial charge in [0, 0.05) is 10.9 Å². The van der Waals surface area contributed by atoms with Gasteiger partial charge >= 0.3 is 20.4 Å². The number of benzene rings is 4. The van der Waals surface area contributed by atoms with Crippen molar-refractivity contribution in [3.63, 3.8) is 0 Å². The molecule has 0 saturated heterocycles. The summed E-state index contributed by atoms with van der Waals surface area (Å²) in [6, 6.07) is 28.1. The first-order valence-electron chi connectivity index (χ1n) is 24.3. The molecule has 8 aliphatic carbocycles. The largest absolute Gasteiger partial charge is 2.00 e. The van der Waals surface area contributed by atoms with Crippen molar-refractivity contribution in [2.45, 2.75) is 147 Å². The standard InChI is InChI=1S/C43H61O2P.C12H9N.CH4O3S.Pd/c1-25(2)34-17-35(26(3)4)39(36(18-34)27(5)6)40-37(44-7)9-10-38(45-8)41(40)46(42-19-28-11-29(20-42)13-30(12-28)21-42)43-22-31-14-32(23-43)16-33(15-31)24-43;13-12-9-5-4-8-11(12)10-6-2-1-3-7-10;1-5(2,3)4;/h9-10,17-18,25-33H,11-16,19-24H2,1-8H3;1-6,8-9,13H;1H3,(H,2,3,4);/q;-2;;+2. The van der Waals surface area contributed by atoms with Crippen LogP contribution in [0.2, 0.25) is 0 Å². The number of hydrogen-bond acceptors (Lipinski definition) is 4. The molecule has 0 unspecified atom stereocenters.